The molecule has 0 aliphatic carbocycles. The first-order chi connectivity index (χ1) is 12.2. The van der Waals surface area contributed by atoms with Crippen LogP contribution in [0, 0.1) is 0 Å². The van der Waals surface area contributed by atoms with E-state index in [9.17, 15) is 4.79 Å². The van der Waals surface area contributed by atoms with Crippen LogP contribution in [0.25, 0.3) is 0 Å². The van der Waals surface area contributed by atoms with E-state index in [0.717, 1.165) is 12.8 Å². The van der Waals surface area contributed by atoms with Gasteiger partial charge >= 0.3 is 0 Å². The molecule has 1 amide bonds. The Kier molecular flexibility index (Phi) is 5.76. The maximum absolute atomic E-state index is 12.9. The number of halogens is 1. The van der Waals surface area contributed by atoms with E-state index in [1.807, 2.05) is 30.0 Å². The number of carbonyl (C=O) groups is 1. The van der Waals surface area contributed by atoms with E-state index in [-0.39, 0.29) is 12.0 Å². The molecule has 0 spiro atoms. The molecule has 0 saturated carbocycles. The Hall–Kier alpha value is -2.27. The van der Waals surface area contributed by atoms with Gasteiger partial charge in [-0.15, -0.1) is 0 Å². The molecule has 2 aromatic rings. The molecule has 6 heteroatoms. The van der Waals surface area contributed by atoms with E-state index in [2.05, 4.69) is 4.98 Å². The highest BCUT2D eigenvalue weighted by atomic mass is 35.5. The number of nitrogens with zero attached hydrogens (tertiary/aromatic N) is 2. The van der Waals surface area contributed by atoms with E-state index in [0.29, 0.717) is 41.8 Å². The van der Waals surface area contributed by atoms with Gasteiger partial charge in [-0.05, 0) is 31.9 Å². The zero-order valence-electron chi connectivity index (χ0n) is 14.2. The summed E-state index contributed by atoms with van der Waals surface area (Å²) < 4.78 is 11.6. The topological polar surface area (TPSA) is 51.7 Å². The molecule has 3 rings (SSSR count). The van der Waals surface area contributed by atoms with E-state index in [1.165, 1.54) is 0 Å². The summed E-state index contributed by atoms with van der Waals surface area (Å²) in [5.41, 5.74) is 0.590. The van der Waals surface area contributed by atoms with E-state index in [1.54, 1.807) is 24.5 Å². The van der Waals surface area contributed by atoms with Gasteiger partial charge in [-0.2, -0.15) is 0 Å². The van der Waals surface area contributed by atoms with Crippen LogP contribution in [0.4, 0.5) is 0 Å². The molecule has 5 nitrogen and oxygen atoms in total. The lowest BCUT2D eigenvalue weighted by atomic mass is 10.1. The second-order valence-electron chi connectivity index (χ2n) is 5.87. The summed E-state index contributed by atoms with van der Waals surface area (Å²) in [4.78, 5) is 18.7. The lowest BCUT2D eigenvalue weighted by Crippen LogP contribution is -2.44. The van der Waals surface area contributed by atoms with Crippen LogP contribution in [0.3, 0.4) is 0 Å². The number of amides is 1. The van der Waals surface area contributed by atoms with Crippen LogP contribution in [0.2, 0.25) is 5.02 Å². The van der Waals surface area contributed by atoms with Gasteiger partial charge in [-0.25, -0.2) is 0 Å². The van der Waals surface area contributed by atoms with Crippen molar-refractivity contribution in [2.45, 2.75) is 25.9 Å². The molecular formula is C19H21ClN2O3. The smallest absolute Gasteiger partial charge is 0.257 e. The van der Waals surface area contributed by atoms with Gasteiger partial charge < -0.3 is 14.4 Å². The van der Waals surface area contributed by atoms with Crippen molar-refractivity contribution in [3.63, 3.8) is 0 Å². The molecule has 1 aliphatic rings. The van der Waals surface area contributed by atoms with Crippen molar-refractivity contribution < 1.29 is 14.3 Å². The van der Waals surface area contributed by atoms with Gasteiger partial charge in [0.05, 0.1) is 18.7 Å². The minimum absolute atomic E-state index is 0.0295. The Morgan fingerprint density at radius 2 is 2.16 bits per heavy atom. The molecule has 0 bridgehead atoms. The van der Waals surface area contributed by atoms with E-state index >= 15 is 0 Å². The molecule has 0 radical (unpaired) electrons. The summed E-state index contributed by atoms with van der Waals surface area (Å²) in [6.45, 7) is 3.67. The maximum Gasteiger partial charge on any atom is 0.257 e. The third-order valence-corrected chi connectivity index (χ3v) is 4.40. The Balaban J connectivity index is 1.71. The summed E-state index contributed by atoms with van der Waals surface area (Å²) in [7, 11) is 0. The van der Waals surface area contributed by atoms with Gasteiger partial charge in [-0.1, -0.05) is 23.7 Å². The number of para-hydroxylation sites is 1. The van der Waals surface area contributed by atoms with Gasteiger partial charge in [0.1, 0.15) is 22.6 Å². The predicted molar refractivity (Wildman–Crippen MR) is 96.4 cm³/mol. The highest BCUT2D eigenvalue weighted by molar-refractivity contribution is 6.31. The number of aromatic nitrogens is 1. The minimum Gasteiger partial charge on any atom is -0.493 e. The average Bonchev–Trinajstić information content (AvgIpc) is 2.64. The van der Waals surface area contributed by atoms with Crippen LogP contribution < -0.4 is 9.47 Å². The standard InChI is InChI=1S/C19H21ClN2O3/c1-2-24-17-8-4-3-7-15(17)19(23)22-11-5-6-14(13-22)25-18-9-10-21-12-16(18)20/h3-4,7-10,12,14H,2,5-6,11,13H2,1H3. The summed E-state index contributed by atoms with van der Waals surface area (Å²) in [6.07, 6.45) is 4.88. The van der Waals surface area contributed by atoms with Gasteiger partial charge in [0.15, 0.2) is 0 Å². The number of likely N-dealkylation sites (tertiary alicyclic amines) is 1. The first kappa shape index (κ1) is 17.5. The van der Waals surface area contributed by atoms with E-state index < -0.39 is 0 Å². The van der Waals surface area contributed by atoms with Crippen molar-refractivity contribution in [3.8, 4) is 11.5 Å². The molecule has 0 N–H and O–H groups in total. The number of pyridine rings is 1. The lowest BCUT2D eigenvalue weighted by Gasteiger charge is -2.33. The average molecular weight is 361 g/mol. The fraction of sp³-hybridized carbons (Fsp3) is 0.368. The first-order valence-electron chi connectivity index (χ1n) is 8.46. The molecule has 1 unspecified atom stereocenters. The Morgan fingerprint density at radius 3 is 2.96 bits per heavy atom. The number of piperidine rings is 1. The van der Waals surface area contributed by atoms with Crippen molar-refractivity contribution >= 4 is 17.5 Å². The van der Waals surface area contributed by atoms with Crippen LogP contribution in [0.1, 0.15) is 30.1 Å². The highest BCUT2D eigenvalue weighted by Gasteiger charge is 2.27. The molecule has 1 aliphatic heterocycles. The molecule has 1 fully saturated rings. The Bertz CT molecular complexity index is 738. The van der Waals surface area contributed by atoms with Gasteiger partial charge in [0, 0.05) is 25.0 Å². The highest BCUT2D eigenvalue weighted by Crippen LogP contribution is 2.27. The minimum atomic E-state index is -0.0862. The molecule has 25 heavy (non-hydrogen) atoms. The quantitative estimate of drug-likeness (QED) is 0.813. The summed E-state index contributed by atoms with van der Waals surface area (Å²) in [5, 5.41) is 0.479. The zero-order valence-corrected chi connectivity index (χ0v) is 14.9. The SMILES string of the molecule is CCOc1ccccc1C(=O)N1CCCC(Oc2ccncc2Cl)C1. The molecular weight excluding hydrogens is 340 g/mol. The van der Waals surface area contributed by atoms with Crippen LogP contribution in [-0.2, 0) is 0 Å². The monoisotopic (exact) mass is 360 g/mol. The largest absolute Gasteiger partial charge is 0.493 e. The second-order valence-corrected chi connectivity index (χ2v) is 6.28. The normalized spacial score (nSPS) is 17.2. The van der Waals surface area contributed by atoms with Crippen molar-refractivity contribution in [2.24, 2.45) is 0 Å². The fourth-order valence-electron chi connectivity index (χ4n) is 2.95. The molecule has 1 aromatic carbocycles. The molecule has 2 heterocycles. The van der Waals surface area contributed by atoms with Crippen LogP contribution in [0.5, 0.6) is 11.5 Å². The third-order valence-electron chi connectivity index (χ3n) is 4.11. The van der Waals surface area contributed by atoms with Crippen molar-refractivity contribution in [3.05, 3.63) is 53.3 Å². The van der Waals surface area contributed by atoms with Gasteiger partial charge in [-0.3, -0.25) is 9.78 Å². The van der Waals surface area contributed by atoms with Crippen LogP contribution >= 0.6 is 11.6 Å². The van der Waals surface area contributed by atoms with Gasteiger partial charge in [0.2, 0.25) is 0 Å². The van der Waals surface area contributed by atoms with Gasteiger partial charge in [0.25, 0.3) is 5.91 Å². The third kappa shape index (κ3) is 4.23. The summed E-state index contributed by atoms with van der Waals surface area (Å²) >= 11 is 6.11. The molecule has 1 atom stereocenters. The number of carbonyl (C=O) groups excluding carboxylic acids is 1. The predicted octanol–water partition coefficient (Wildman–Crippen LogP) is 3.82. The van der Waals surface area contributed by atoms with Crippen LogP contribution in [0.15, 0.2) is 42.7 Å². The second kappa shape index (κ2) is 8.21. The summed E-state index contributed by atoms with van der Waals surface area (Å²) in [6, 6.07) is 9.09. The number of benzene rings is 1. The first-order valence-corrected chi connectivity index (χ1v) is 8.84. The molecule has 1 aromatic heterocycles. The summed E-state index contributed by atoms with van der Waals surface area (Å²) in [5.74, 6) is 1.19. The number of hydrogen-bond donors (Lipinski definition) is 0. The van der Waals surface area contributed by atoms with Crippen molar-refractivity contribution in [1.29, 1.82) is 0 Å². The van der Waals surface area contributed by atoms with Crippen LogP contribution in [-0.4, -0.2) is 41.6 Å². The maximum atomic E-state index is 12.9. The molecule has 132 valence electrons. The number of hydrogen-bond acceptors (Lipinski definition) is 4. The zero-order chi connectivity index (χ0) is 17.6. The number of ether oxygens (including phenoxy) is 2. The number of rotatable bonds is 5. The van der Waals surface area contributed by atoms with Crippen molar-refractivity contribution in [2.75, 3.05) is 19.7 Å². The Labute approximate surface area is 152 Å². The molecule has 1 saturated heterocycles. The van der Waals surface area contributed by atoms with E-state index in [4.69, 9.17) is 21.1 Å². The fourth-order valence-corrected chi connectivity index (χ4v) is 3.12. The van der Waals surface area contributed by atoms with Crippen molar-refractivity contribution in [1.82, 2.24) is 9.88 Å². The Morgan fingerprint density at radius 1 is 1.32 bits per heavy atom. The lowest BCUT2D eigenvalue weighted by molar-refractivity contribution is 0.0534.